The van der Waals surface area contributed by atoms with Crippen LogP contribution in [0, 0.1) is 17.0 Å². The van der Waals surface area contributed by atoms with Gasteiger partial charge in [-0.1, -0.05) is 19.9 Å². The Kier molecular flexibility index (Phi) is 5.01. The molecule has 3 rings (SSSR count). The standard InChI is InChI=1S/C18H24F2NO4P/c1-3-18(4-2)15-7-5-6-14(11-8-9-12(19)13(20)10-11)21(15)17(22)16(18)26(23,24)25/h8-10,14-16H,3-7H2,1-2H3,(H2,23,24,25). The van der Waals surface area contributed by atoms with Gasteiger partial charge >= 0.3 is 7.60 Å². The summed E-state index contributed by atoms with van der Waals surface area (Å²) >= 11 is 0. The van der Waals surface area contributed by atoms with E-state index in [0.29, 0.717) is 31.2 Å². The van der Waals surface area contributed by atoms with Crippen LogP contribution in [-0.4, -0.2) is 32.3 Å². The Morgan fingerprint density at radius 3 is 2.38 bits per heavy atom. The molecule has 144 valence electrons. The van der Waals surface area contributed by atoms with Crippen LogP contribution in [0.25, 0.3) is 0 Å². The molecule has 26 heavy (non-hydrogen) atoms. The lowest BCUT2D eigenvalue weighted by atomic mass is 9.72. The number of benzene rings is 1. The molecule has 2 N–H and O–H groups in total. The lowest BCUT2D eigenvalue weighted by Gasteiger charge is -2.44. The quantitative estimate of drug-likeness (QED) is 0.772. The molecule has 0 aliphatic carbocycles. The lowest BCUT2D eigenvalue weighted by molar-refractivity contribution is -0.132. The van der Waals surface area contributed by atoms with Crippen molar-refractivity contribution in [3.8, 4) is 0 Å². The molecule has 8 heteroatoms. The Morgan fingerprint density at radius 2 is 1.85 bits per heavy atom. The number of carbonyl (C=O) groups is 1. The van der Waals surface area contributed by atoms with E-state index in [1.54, 1.807) is 4.90 Å². The molecule has 0 bridgehead atoms. The van der Waals surface area contributed by atoms with Crippen LogP contribution < -0.4 is 0 Å². The molecule has 2 fully saturated rings. The number of rotatable bonds is 4. The first kappa shape index (κ1) is 19.5. The molecular weight excluding hydrogens is 363 g/mol. The van der Waals surface area contributed by atoms with E-state index in [1.165, 1.54) is 6.07 Å². The van der Waals surface area contributed by atoms with Crippen molar-refractivity contribution in [2.45, 2.75) is 63.7 Å². The van der Waals surface area contributed by atoms with E-state index in [4.69, 9.17) is 0 Å². The van der Waals surface area contributed by atoms with Crippen LogP contribution >= 0.6 is 7.60 Å². The minimum absolute atomic E-state index is 0.311. The number of nitrogens with zero attached hydrogens (tertiary/aromatic N) is 1. The van der Waals surface area contributed by atoms with Gasteiger partial charge in [0, 0.05) is 11.5 Å². The van der Waals surface area contributed by atoms with E-state index in [-0.39, 0.29) is 6.04 Å². The van der Waals surface area contributed by atoms with Gasteiger partial charge in [0.15, 0.2) is 11.6 Å². The van der Waals surface area contributed by atoms with Crippen LogP contribution in [0.3, 0.4) is 0 Å². The van der Waals surface area contributed by atoms with E-state index in [2.05, 4.69) is 0 Å². The summed E-state index contributed by atoms with van der Waals surface area (Å²) in [6.07, 6.45) is 2.91. The van der Waals surface area contributed by atoms with Crippen LogP contribution in [0.1, 0.15) is 57.6 Å². The summed E-state index contributed by atoms with van der Waals surface area (Å²) in [7, 11) is -4.66. The molecule has 5 nitrogen and oxygen atoms in total. The van der Waals surface area contributed by atoms with Gasteiger partial charge in [0.05, 0.1) is 6.04 Å². The van der Waals surface area contributed by atoms with E-state index >= 15 is 0 Å². The van der Waals surface area contributed by atoms with Gasteiger partial charge in [0.1, 0.15) is 5.66 Å². The number of halogens is 2. The SMILES string of the molecule is CCC1(CC)C2CCCC(c3ccc(F)c(F)c3)N2C(=O)C1P(=O)(O)O. The third-order valence-electron chi connectivity index (χ3n) is 6.30. The second-order valence-corrected chi connectivity index (χ2v) is 9.01. The second kappa shape index (κ2) is 6.70. The zero-order chi connectivity index (χ0) is 19.3. The number of piperidine rings is 1. The number of amides is 1. The van der Waals surface area contributed by atoms with Crippen molar-refractivity contribution in [3.05, 3.63) is 35.4 Å². The first-order valence-corrected chi connectivity index (χ1v) is 10.7. The summed E-state index contributed by atoms with van der Waals surface area (Å²) < 4.78 is 39.2. The molecule has 2 heterocycles. The third-order valence-corrected chi connectivity index (χ3v) is 7.71. The van der Waals surface area contributed by atoms with Crippen LogP contribution in [-0.2, 0) is 9.36 Å². The van der Waals surface area contributed by atoms with Gasteiger partial charge in [-0.25, -0.2) is 8.78 Å². The Labute approximate surface area is 151 Å². The molecule has 1 amide bonds. The zero-order valence-corrected chi connectivity index (χ0v) is 15.8. The molecule has 0 spiro atoms. The van der Waals surface area contributed by atoms with Crippen molar-refractivity contribution in [1.29, 1.82) is 0 Å². The predicted molar refractivity (Wildman–Crippen MR) is 92.4 cm³/mol. The highest BCUT2D eigenvalue weighted by molar-refractivity contribution is 7.53. The summed E-state index contributed by atoms with van der Waals surface area (Å²) in [4.78, 5) is 34.5. The van der Waals surface area contributed by atoms with Crippen LogP contribution in [0.2, 0.25) is 0 Å². The zero-order valence-electron chi connectivity index (χ0n) is 14.9. The third kappa shape index (κ3) is 2.81. The van der Waals surface area contributed by atoms with Gasteiger partial charge in [0.25, 0.3) is 0 Å². The maximum atomic E-state index is 13.7. The molecule has 0 saturated carbocycles. The van der Waals surface area contributed by atoms with Gasteiger partial charge in [-0.05, 0) is 49.8 Å². The Morgan fingerprint density at radius 1 is 1.19 bits per heavy atom. The number of hydrogen-bond acceptors (Lipinski definition) is 2. The lowest BCUT2D eigenvalue weighted by Crippen LogP contribution is -2.45. The molecular formula is C18H24F2NO4P. The summed E-state index contributed by atoms with van der Waals surface area (Å²) in [5, 5.41) is 0. The van der Waals surface area contributed by atoms with Crippen LogP contribution in [0.15, 0.2) is 18.2 Å². The highest BCUT2D eigenvalue weighted by Gasteiger charge is 2.64. The first-order valence-electron chi connectivity index (χ1n) is 8.99. The Balaban J connectivity index is 2.10. The Hall–Kier alpha value is -1.30. The predicted octanol–water partition coefficient (Wildman–Crippen LogP) is 3.75. The smallest absolute Gasteiger partial charge is 0.331 e. The van der Waals surface area contributed by atoms with Crippen molar-refractivity contribution in [2.24, 2.45) is 5.41 Å². The number of fused-ring (bicyclic) bond motifs is 1. The fraction of sp³-hybridized carbons (Fsp3) is 0.611. The molecule has 1 aromatic rings. The highest BCUT2D eigenvalue weighted by atomic mass is 31.2. The van der Waals surface area contributed by atoms with Crippen molar-refractivity contribution in [3.63, 3.8) is 0 Å². The molecule has 1 aromatic carbocycles. The van der Waals surface area contributed by atoms with Gasteiger partial charge < -0.3 is 14.7 Å². The first-order chi connectivity index (χ1) is 12.2. The molecule has 2 aliphatic heterocycles. The van der Waals surface area contributed by atoms with Crippen molar-refractivity contribution in [2.75, 3.05) is 0 Å². The fourth-order valence-electron chi connectivity index (χ4n) is 5.07. The van der Waals surface area contributed by atoms with E-state index < -0.39 is 42.3 Å². The van der Waals surface area contributed by atoms with E-state index in [0.717, 1.165) is 18.6 Å². The maximum Gasteiger partial charge on any atom is 0.338 e. The molecule has 0 aromatic heterocycles. The Bertz CT molecular complexity index is 762. The summed E-state index contributed by atoms with van der Waals surface area (Å²) in [6, 6.07) is 2.76. The minimum atomic E-state index is -4.66. The summed E-state index contributed by atoms with van der Waals surface area (Å²) in [5.74, 6) is -2.51. The molecule has 2 saturated heterocycles. The van der Waals surface area contributed by atoms with Crippen LogP contribution in [0.4, 0.5) is 8.78 Å². The van der Waals surface area contributed by atoms with Crippen molar-refractivity contribution >= 4 is 13.5 Å². The van der Waals surface area contributed by atoms with Crippen molar-refractivity contribution < 1.29 is 27.9 Å². The van der Waals surface area contributed by atoms with E-state index in [1.807, 2.05) is 13.8 Å². The minimum Gasteiger partial charge on any atom is -0.331 e. The van der Waals surface area contributed by atoms with E-state index in [9.17, 15) is 27.9 Å². The van der Waals surface area contributed by atoms with Gasteiger partial charge in [0.2, 0.25) is 5.91 Å². The number of carbonyl (C=O) groups excluding carboxylic acids is 1. The topological polar surface area (TPSA) is 77.8 Å². The van der Waals surface area contributed by atoms with Gasteiger partial charge in [-0.3, -0.25) is 9.36 Å². The largest absolute Gasteiger partial charge is 0.338 e. The molecule has 0 radical (unpaired) electrons. The highest BCUT2D eigenvalue weighted by Crippen LogP contribution is 2.62. The fourth-order valence-corrected chi connectivity index (χ4v) is 6.70. The average molecular weight is 387 g/mol. The summed E-state index contributed by atoms with van der Waals surface area (Å²) in [5.41, 5.74) is -1.72. The number of hydrogen-bond donors (Lipinski definition) is 2. The van der Waals surface area contributed by atoms with Gasteiger partial charge in [-0.2, -0.15) is 0 Å². The van der Waals surface area contributed by atoms with Crippen LogP contribution in [0.5, 0.6) is 0 Å². The van der Waals surface area contributed by atoms with Crippen molar-refractivity contribution in [1.82, 2.24) is 4.90 Å². The molecule has 3 atom stereocenters. The maximum absolute atomic E-state index is 13.7. The van der Waals surface area contributed by atoms with Gasteiger partial charge in [-0.15, -0.1) is 0 Å². The average Bonchev–Trinajstić information content (AvgIpc) is 2.86. The second-order valence-electron chi connectivity index (χ2n) is 7.31. The summed E-state index contributed by atoms with van der Waals surface area (Å²) in [6.45, 7) is 3.70. The molecule has 2 aliphatic rings. The normalized spacial score (nSPS) is 28.3. The monoisotopic (exact) mass is 387 g/mol. The molecule has 3 unspecified atom stereocenters.